The largest absolute Gasteiger partial charge is 0.465 e. The van der Waals surface area contributed by atoms with Gasteiger partial charge in [-0.3, -0.25) is 10.1 Å². The Morgan fingerprint density at radius 2 is 2.29 bits per heavy atom. The van der Waals surface area contributed by atoms with E-state index in [0.29, 0.717) is 0 Å². The van der Waals surface area contributed by atoms with Gasteiger partial charge in [0.1, 0.15) is 0 Å². The number of halogens is 1. The topological polar surface area (TPSA) is 93.2 Å². The van der Waals surface area contributed by atoms with E-state index in [1.165, 1.54) is 13.2 Å². The zero-order valence-electron chi connectivity index (χ0n) is 8.77. The third-order valence-electron chi connectivity index (χ3n) is 2.09. The Kier molecular flexibility index (Phi) is 4.17. The van der Waals surface area contributed by atoms with Crippen LogP contribution in [0.2, 0.25) is 0 Å². The van der Waals surface area contributed by atoms with Gasteiger partial charge in [-0.2, -0.15) is 5.26 Å². The lowest BCUT2D eigenvalue weighted by atomic mass is 10.0. The molecule has 0 saturated carbocycles. The zero-order valence-corrected chi connectivity index (χ0v) is 10.4. The van der Waals surface area contributed by atoms with E-state index >= 15 is 0 Å². The van der Waals surface area contributed by atoms with Crippen LogP contribution in [0.3, 0.4) is 0 Å². The summed E-state index contributed by atoms with van der Waals surface area (Å²) in [5.41, 5.74) is -0.0147. The maximum absolute atomic E-state index is 11.5. The number of carbonyl (C=O) groups excluding carboxylic acids is 1. The second-order valence-electron chi connectivity index (χ2n) is 3.02. The Morgan fingerprint density at radius 1 is 1.65 bits per heavy atom. The maximum atomic E-state index is 11.5. The molecule has 0 aliphatic carbocycles. The Balaban J connectivity index is 3.57. The maximum Gasteiger partial charge on any atom is 0.338 e. The molecular weight excluding hydrogens is 292 g/mol. The van der Waals surface area contributed by atoms with E-state index in [0.717, 1.165) is 6.07 Å². The quantitative estimate of drug-likeness (QED) is 0.369. The van der Waals surface area contributed by atoms with Gasteiger partial charge in [-0.1, -0.05) is 15.9 Å². The fourth-order valence-corrected chi connectivity index (χ4v) is 1.91. The van der Waals surface area contributed by atoms with Crippen LogP contribution in [0.1, 0.15) is 21.5 Å². The highest BCUT2D eigenvalue weighted by Crippen LogP contribution is 2.27. The van der Waals surface area contributed by atoms with E-state index in [4.69, 9.17) is 5.26 Å². The van der Waals surface area contributed by atoms with Gasteiger partial charge in [-0.15, -0.1) is 0 Å². The lowest BCUT2D eigenvalue weighted by Crippen LogP contribution is -2.08. The molecule has 0 fully saturated rings. The van der Waals surface area contributed by atoms with Crippen molar-refractivity contribution in [3.8, 4) is 6.07 Å². The van der Waals surface area contributed by atoms with Gasteiger partial charge in [0.2, 0.25) is 0 Å². The summed E-state index contributed by atoms with van der Waals surface area (Å²) in [5.74, 6) is -0.709. The minimum Gasteiger partial charge on any atom is -0.465 e. The van der Waals surface area contributed by atoms with Gasteiger partial charge in [0.25, 0.3) is 5.69 Å². The summed E-state index contributed by atoms with van der Waals surface area (Å²) in [6.07, 6.45) is 0. The minimum atomic E-state index is -0.709. The first-order valence-electron chi connectivity index (χ1n) is 4.40. The van der Waals surface area contributed by atoms with Gasteiger partial charge in [0, 0.05) is 11.4 Å². The van der Waals surface area contributed by atoms with Crippen LogP contribution >= 0.6 is 15.9 Å². The van der Waals surface area contributed by atoms with E-state index in [2.05, 4.69) is 20.7 Å². The molecule has 0 atom stereocenters. The highest BCUT2D eigenvalue weighted by Gasteiger charge is 2.23. The summed E-state index contributed by atoms with van der Waals surface area (Å²) < 4.78 is 4.52. The predicted octanol–water partition coefficient (Wildman–Crippen LogP) is 2.15. The van der Waals surface area contributed by atoms with Crippen molar-refractivity contribution in [1.82, 2.24) is 0 Å². The molecule has 0 aromatic heterocycles. The summed E-state index contributed by atoms with van der Waals surface area (Å²) in [4.78, 5) is 21.7. The van der Waals surface area contributed by atoms with Crippen LogP contribution in [0.15, 0.2) is 12.1 Å². The van der Waals surface area contributed by atoms with Gasteiger partial charge < -0.3 is 4.74 Å². The van der Waals surface area contributed by atoms with Crippen LogP contribution in [0.5, 0.6) is 0 Å². The first-order valence-corrected chi connectivity index (χ1v) is 5.53. The monoisotopic (exact) mass is 298 g/mol. The molecule has 1 aromatic carbocycles. The van der Waals surface area contributed by atoms with Crippen molar-refractivity contribution in [3.63, 3.8) is 0 Å². The Labute approximate surface area is 105 Å². The number of ether oxygens (including phenoxy) is 1. The molecule has 0 unspecified atom stereocenters. The second kappa shape index (κ2) is 5.41. The molecule has 0 heterocycles. The van der Waals surface area contributed by atoms with Crippen molar-refractivity contribution >= 4 is 27.6 Å². The number of rotatable bonds is 3. The van der Waals surface area contributed by atoms with Crippen LogP contribution in [0.25, 0.3) is 0 Å². The highest BCUT2D eigenvalue weighted by atomic mass is 79.9. The SMILES string of the molecule is COC(=O)c1cc(C#N)cc([N+](=O)[O-])c1CBr. The van der Waals surface area contributed by atoms with E-state index in [1.807, 2.05) is 0 Å². The summed E-state index contributed by atoms with van der Waals surface area (Å²) in [6.45, 7) is 0. The Morgan fingerprint density at radius 3 is 2.71 bits per heavy atom. The van der Waals surface area contributed by atoms with Crippen LogP contribution in [0, 0.1) is 21.4 Å². The van der Waals surface area contributed by atoms with E-state index < -0.39 is 10.9 Å². The summed E-state index contributed by atoms with van der Waals surface area (Å²) in [6, 6.07) is 4.17. The van der Waals surface area contributed by atoms with Gasteiger partial charge in [-0.25, -0.2) is 4.79 Å². The van der Waals surface area contributed by atoms with Gasteiger partial charge >= 0.3 is 5.97 Å². The summed E-state index contributed by atoms with van der Waals surface area (Å²) >= 11 is 3.08. The molecule has 1 aromatic rings. The van der Waals surface area contributed by atoms with E-state index in [-0.39, 0.29) is 27.7 Å². The molecule has 6 nitrogen and oxygen atoms in total. The molecule has 0 aliphatic rings. The number of benzene rings is 1. The normalized spacial score (nSPS) is 9.47. The molecule has 0 aliphatic heterocycles. The van der Waals surface area contributed by atoms with Crippen LogP contribution in [-0.4, -0.2) is 18.0 Å². The number of carbonyl (C=O) groups is 1. The molecule has 17 heavy (non-hydrogen) atoms. The van der Waals surface area contributed by atoms with E-state index in [1.54, 1.807) is 6.07 Å². The van der Waals surface area contributed by atoms with Crippen molar-refractivity contribution in [2.75, 3.05) is 7.11 Å². The molecule has 1 rings (SSSR count). The molecule has 0 bridgehead atoms. The predicted molar refractivity (Wildman–Crippen MR) is 61.8 cm³/mol. The third-order valence-corrected chi connectivity index (χ3v) is 2.65. The van der Waals surface area contributed by atoms with Crippen LogP contribution < -0.4 is 0 Å². The number of alkyl halides is 1. The van der Waals surface area contributed by atoms with Crippen molar-refractivity contribution in [3.05, 3.63) is 38.9 Å². The lowest BCUT2D eigenvalue weighted by Gasteiger charge is -2.06. The molecule has 0 radical (unpaired) electrons. The van der Waals surface area contributed by atoms with E-state index in [9.17, 15) is 14.9 Å². The fraction of sp³-hybridized carbons (Fsp3) is 0.200. The Hall–Kier alpha value is -1.94. The number of nitrogens with zero attached hydrogens (tertiary/aromatic N) is 2. The number of hydrogen-bond donors (Lipinski definition) is 0. The molecule has 0 saturated heterocycles. The molecular formula is C10H7BrN2O4. The smallest absolute Gasteiger partial charge is 0.338 e. The van der Waals surface area contributed by atoms with Gasteiger partial charge in [0.15, 0.2) is 0 Å². The zero-order chi connectivity index (χ0) is 13.0. The highest BCUT2D eigenvalue weighted by molar-refractivity contribution is 9.08. The summed E-state index contributed by atoms with van der Waals surface area (Å²) in [7, 11) is 1.17. The number of hydrogen-bond acceptors (Lipinski definition) is 5. The molecule has 0 N–H and O–H groups in total. The van der Waals surface area contributed by atoms with Crippen LogP contribution in [-0.2, 0) is 10.1 Å². The van der Waals surface area contributed by atoms with Gasteiger partial charge in [0.05, 0.1) is 34.8 Å². The number of nitriles is 1. The Bertz CT molecular complexity index is 522. The third kappa shape index (κ3) is 2.60. The summed E-state index contributed by atoms with van der Waals surface area (Å²) in [5, 5.41) is 19.7. The van der Waals surface area contributed by atoms with Crippen molar-refractivity contribution in [2.24, 2.45) is 0 Å². The van der Waals surface area contributed by atoms with Crippen molar-refractivity contribution < 1.29 is 14.5 Å². The number of nitro benzene ring substituents is 1. The first kappa shape index (κ1) is 13.1. The molecule has 0 spiro atoms. The molecule has 0 amide bonds. The standard InChI is InChI=1S/C10H7BrN2O4/c1-17-10(14)7-2-6(5-12)3-9(13(15)16)8(7)4-11/h2-3H,4H2,1H3. The van der Waals surface area contributed by atoms with Gasteiger partial charge in [-0.05, 0) is 6.07 Å². The minimum absolute atomic E-state index is 0.0233. The number of esters is 1. The molecule has 7 heteroatoms. The lowest BCUT2D eigenvalue weighted by molar-refractivity contribution is -0.385. The number of nitro groups is 1. The second-order valence-corrected chi connectivity index (χ2v) is 3.58. The first-order chi connectivity index (χ1) is 8.04. The van der Waals surface area contributed by atoms with Crippen LogP contribution in [0.4, 0.5) is 5.69 Å². The molecule has 88 valence electrons. The average molecular weight is 299 g/mol. The fourth-order valence-electron chi connectivity index (χ4n) is 1.32. The van der Waals surface area contributed by atoms with Crippen molar-refractivity contribution in [1.29, 1.82) is 5.26 Å². The average Bonchev–Trinajstić information content (AvgIpc) is 2.35. The number of methoxy groups -OCH3 is 1. The van der Waals surface area contributed by atoms with Crippen molar-refractivity contribution in [2.45, 2.75) is 5.33 Å².